The average molecular weight is 205 g/mol. The van der Waals surface area contributed by atoms with Gasteiger partial charge in [-0.15, -0.1) is 0 Å². The van der Waals surface area contributed by atoms with E-state index in [1.54, 1.807) is 19.1 Å². The van der Waals surface area contributed by atoms with Crippen LogP contribution in [0, 0.1) is 13.8 Å². The van der Waals surface area contributed by atoms with Gasteiger partial charge in [-0.25, -0.2) is 0 Å². The van der Waals surface area contributed by atoms with Gasteiger partial charge >= 0.3 is 0 Å². The van der Waals surface area contributed by atoms with Crippen LogP contribution in [0.2, 0.25) is 0 Å². The predicted molar refractivity (Wildman–Crippen MR) is 60.0 cm³/mol. The number of aryl methyl sites for hydroxylation is 1. The van der Waals surface area contributed by atoms with Gasteiger partial charge < -0.3 is 5.73 Å². The van der Waals surface area contributed by atoms with Crippen molar-refractivity contribution in [1.82, 2.24) is 0 Å². The fourth-order valence-corrected chi connectivity index (χ4v) is 1.49. The highest BCUT2D eigenvalue weighted by Gasteiger charge is 2.13. The first-order valence-corrected chi connectivity index (χ1v) is 4.81. The second kappa shape index (κ2) is 4.26. The molecule has 0 atom stereocenters. The van der Waals surface area contributed by atoms with Crippen molar-refractivity contribution in [3.8, 4) is 0 Å². The average Bonchev–Trinajstić information content (AvgIpc) is 2.13. The van der Waals surface area contributed by atoms with Crippen LogP contribution in [-0.2, 0) is 4.79 Å². The maximum atomic E-state index is 11.7. The van der Waals surface area contributed by atoms with Crippen LogP contribution in [0.5, 0.6) is 0 Å². The van der Waals surface area contributed by atoms with E-state index in [9.17, 15) is 9.59 Å². The molecule has 0 amide bonds. The van der Waals surface area contributed by atoms with E-state index < -0.39 is 0 Å². The highest BCUT2D eigenvalue weighted by molar-refractivity contribution is 6.08. The molecule has 0 saturated heterocycles. The lowest BCUT2D eigenvalue weighted by Crippen LogP contribution is -2.08. The van der Waals surface area contributed by atoms with Crippen LogP contribution in [0.4, 0.5) is 5.69 Å². The van der Waals surface area contributed by atoms with Crippen LogP contribution in [0.25, 0.3) is 0 Å². The predicted octanol–water partition coefficient (Wildman–Crippen LogP) is 2.05. The fraction of sp³-hybridized carbons (Fsp3) is 0.333. The monoisotopic (exact) mass is 205 g/mol. The molecule has 0 aliphatic rings. The molecule has 0 unspecified atom stereocenters. The lowest BCUT2D eigenvalue weighted by molar-refractivity contribution is -0.116. The van der Waals surface area contributed by atoms with Crippen LogP contribution >= 0.6 is 0 Å². The quantitative estimate of drug-likeness (QED) is 0.466. The molecule has 1 aromatic carbocycles. The molecule has 3 nitrogen and oxygen atoms in total. The summed E-state index contributed by atoms with van der Waals surface area (Å²) in [5, 5.41) is 0. The van der Waals surface area contributed by atoms with Crippen LogP contribution in [0.3, 0.4) is 0 Å². The largest absolute Gasteiger partial charge is 0.398 e. The molecule has 0 saturated carbocycles. The van der Waals surface area contributed by atoms with E-state index in [1.165, 1.54) is 6.92 Å². The molecule has 0 fully saturated rings. The molecule has 1 rings (SSSR count). The van der Waals surface area contributed by atoms with Crippen LogP contribution in [0.1, 0.15) is 34.8 Å². The number of ketones is 2. The van der Waals surface area contributed by atoms with Crippen molar-refractivity contribution in [3.63, 3.8) is 0 Å². The minimum atomic E-state index is -0.160. The van der Waals surface area contributed by atoms with Gasteiger partial charge in [0.15, 0.2) is 5.78 Å². The van der Waals surface area contributed by atoms with Gasteiger partial charge in [-0.1, -0.05) is 12.1 Å². The molecule has 2 N–H and O–H groups in total. The second-order valence-corrected chi connectivity index (χ2v) is 3.77. The van der Waals surface area contributed by atoms with Crippen molar-refractivity contribution < 1.29 is 9.59 Å². The molecule has 0 radical (unpaired) electrons. The normalized spacial score (nSPS) is 10.1. The molecule has 80 valence electrons. The minimum Gasteiger partial charge on any atom is -0.398 e. The summed E-state index contributed by atoms with van der Waals surface area (Å²) < 4.78 is 0. The summed E-state index contributed by atoms with van der Waals surface area (Å²) in [6.07, 6.45) is -0.0522. The van der Waals surface area contributed by atoms with E-state index in [4.69, 9.17) is 5.73 Å². The number of benzene rings is 1. The number of anilines is 1. The Balaban J connectivity index is 3.11. The highest BCUT2D eigenvalue weighted by Crippen LogP contribution is 2.21. The lowest BCUT2D eigenvalue weighted by atomic mass is 9.97. The Morgan fingerprint density at radius 2 is 1.87 bits per heavy atom. The zero-order valence-corrected chi connectivity index (χ0v) is 9.26. The maximum absolute atomic E-state index is 11.7. The van der Waals surface area contributed by atoms with Gasteiger partial charge in [0.25, 0.3) is 0 Å². The molecule has 0 aliphatic heterocycles. The molecule has 0 aromatic heterocycles. The molecule has 0 aliphatic carbocycles. The van der Waals surface area contributed by atoms with E-state index in [2.05, 4.69) is 0 Å². The first-order valence-electron chi connectivity index (χ1n) is 4.81. The molecule has 15 heavy (non-hydrogen) atoms. The molecule has 0 heterocycles. The van der Waals surface area contributed by atoms with Gasteiger partial charge in [0.05, 0.1) is 6.42 Å². The van der Waals surface area contributed by atoms with Crippen molar-refractivity contribution in [2.45, 2.75) is 27.2 Å². The standard InChI is InChI=1S/C12H15NO2/c1-7-4-5-10(9(3)12(7)13)11(15)6-8(2)14/h4-5H,6,13H2,1-3H3. The van der Waals surface area contributed by atoms with E-state index in [0.29, 0.717) is 11.3 Å². The number of rotatable bonds is 3. The third-order valence-corrected chi connectivity index (χ3v) is 2.44. The fourth-order valence-electron chi connectivity index (χ4n) is 1.49. The third-order valence-electron chi connectivity index (χ3n) is 2.44. The molecule has 1 aromatic rings. The van der Waals surface area contributed by atoms with Crippen molar-refractivity contribution in [3.05, 3.63) is 28.8 Å². The van der Waals surface area contributed by atoms with Gasteiger partial charge in [-0.3, -0.25) is 9.59 Å². The van der Waals surface area contributed by atoms with Gasteiger partial charge in [0.2, 0.25) is 0 Å². The first kappa shape index (κ1) is 11.4. The van der Waals surface area contributed by atoms with E-state index >= 15 is 0 Å². The summed E-state index contributed by atoms with van der Waals surface area (Å²) in [6.45, 7) is 5.10. The summed E-state index contributed by atoms with van der Waals surface area (Å²) in [5.41, 5.74) is 8.71. The zero-order valence-electron chi connectivity index (χ0n) is 9.26. The third kappa shape index (κ3) is 2.43. The van der Waals surface area contributed by atoms with Gasteiger partial charge in [-0.2, -0.15) is 0 Å². The van der Waals surface area contributed by atoms with Crippen molar-refractivity contribution in [1.29, 1.82) is 0 Å². The van der Waals surface area contributed by atoms with Gasteiger partial charge in [0.1, 0.15) is 5.78 Å². The lowest BCUT2D eigenvalue weighted by Gasteiger charge is -2.09. The molecule has 0 spiro atoms. The van der Waals surface area contributed by atoms with Crippen molar-refractivity contribution >= 4 is 17.3 Å². The Hall–Kier alpha value is -1.64. The summed E-state index contributed by atoms with van der Waals surface area (Å²) in [7, 11) is 0. The summed E-state index contributed by atoms with van der Waals surface area (Å²) in [4.78, 5) is 22.5. The summed E-state index contributed by atoms with van der Waals surface area (Å²) in [5.74, 6) is -0.287. The highest BCUT2D eigenvalue weighted by atomic mass is 16.1. The maximum Gasteiger partial charge on any atom is 0.170 e. The SMILES string of the molecule is CC(=O)CC(=O)c1ccc(C)c(N)c1C. The topological polar surface area (TPSA) is 60.2 Å². The van der Waals surface area contributed by atoms with Crippen molar-refractivity contribution in [2.75, 3.05) is 5.73 Å². The van der Waals surface area contributed by atoms with Crippen LogP contribution < -0.4 is 5.73 Å². The van der Waals surface area contributed by atoms with Crippen LogP contribution in [-0.4, -0.2) is 11.6 Å². The van der Waals surface area contributed by atoms with E-state index in [-0.39, 0.29) is 18.0 Å². The Labute approximate surface area is 89.3 Å². The Kier molecular flexibility index (Phi) is 3.24. The zero-order chi connectivity index (χ0) is 11.6. The smallest absolute Gasteiger partial charge is 0.170 e. The number of carbonyl (C=O) groups is 2. The number of hydrogen-bond donors (Lipinski definition) is 1. The Bertz CT molecular complexity index is 422. The van der Waals surface area contributed by atoms with Crippen molar-refractivity contribution in [2.24, 2.45) is 0 Å². The number of Topliss-reactive ketones (excluding diaryl/α,β-unsaturated/α-hetero) is 2. The van der Waals surface area contributed by atoms with Gasteiger partial charge in [0, 0.05) is 11.3 Å². The number of nitrogen functional groups attached to an aromatic ring is 1. The Morgan fingerprint density at radius 1 is 1.27 bits per heavy atom. The first-order chi connectivity index (χ1) is 6.93. The molecule has 3 heteroatoms. The number of nitrogens with two attached hydrogens (primary N) is 1. The van der Waals surface area contributed by atoms with Crippen LogP contribution in [0.15, 0.2) is 12.1 Å². The molecule has 0 bridgehead atoms. The summed E-state index contributed by atoms with van der Waals surface area (Å²) >= 11 is 0. The minimum absolute atomic E-state index is 0.0522. The summed E-state index contributed by atoms with van der Waals surface area (Å²) in [6, 6.07) is 3.53. The van der Waals surface area contributed by atoms with E-state index in [0.717, 1.165) is 11.1 Å². The molecular formula is C12H15NO2. The molecular weight excluding hydrogens is 190 g/mol. The van der Waals surface area contributed by atoms with Gasteiger partial charge in [-0.05, 0) is 31.9 Å². The second-order valence-electron chi connectivity index (χ2n) is 3.77. The number of carbonyl (C=O) groups excluding carboxylic acids is 2. The number of hydrogen-bond acceptors (Lipinski definition) is 3. The Morgan fingerprint density at radius 3 is 2.40 bits per heavy atom. The van der Waals surface area contributed by atoms with E-state index in [1.807, 2.05) is 6.92 Å².